The summed E-state index contributed by atoms with van der Waals surface area (Å²) in [5.74, 6) is -0.322. The highest BCUT2D eigenvalue weighted by Crippen LogP contribution is 2.25. The predicted octanol–water partition coefficient (Wildman–Crippen LogP) is 2.49. The quantitative estimate of drug-likeness (QED) is 0.647. The monoisotopic (exact) mass is 191 g/mol. The van der Waals surface area contributed by atoms with Crippen LogP contribution in [0.25, 0.3) is 10.1 Å². The van der Waals surface area contributed by atoms with Crippen LogP contribution in [0.15, 0.2) is 24.3 Å². The molecule has 65 valence electrons. The summed E-state index contributed by atoms with van der Waals surface area (Å²) in [6.45, 7) is 0. The Labute approximate surface area is 79.8 Å². The molecule has 1 radical (unpaired) electrons. The zero-order valence-electron chi connectivity index (χ0n) is 7.03. The van der Waals surface area contributed by atoms with E-state index in [2.05, 4.69) is 10.1 Å². The Bertz CT molecular complexity index is 445. The van der Waals surface area contributed by atoms with Gasteiger partial charge in [0.05, 0.1) is 18.1 Å². The van der Waals surface area contributed by atoms with Crippen LogP contribution in [0.5, 0.6) is 0 Å². The molecular weight excluding hydrogens is 184 g/mol. The van der Waals surface area contributed by atoms with E-state index in [9.17, 15) is 4.79 Å². The Morgan fingerprint density at radius 1 is 1.46 bits per heavy atom. The number of esters is 1. The van der Waals surface area contributed by atoms with Crippen LogP contribution in [0.2, 0.25) is 0 Å². The smallest absolute Gasteiger partial charge is 0.340 e. The number of rotatable bonds is 1. The number of carbonyl (C=O) groups is 1. The normalized spacial score (nSPS) is 10.2. The van der Waals surface area contributed by atoms with Gasteiger partial charge in [-0.2, -0.15) is 0 Å². The van der Waals surface area contributed by atoms with Gasteiger partial charge in [0, 0.05) is 10.1 Å². The topological polar surface area (TPSA) is 26.3 Å². The molecule has 0 aliphatic rings. The lowest BCUT2D eigenvalue weighted by Crippen LogP contribution is -1.99. The molecule has 0 fully saturated rings. The van der Waals surface area contributed by atoms with E-state index in [0.29, 0.717) is 5.56 Å². The largest absolute Gasteiger partial charge is 0.465 e. The Balaban J connectivity index is 2.64. The van der Waals surface area contributed by atoms with Crippen molar-refractivity contribution in [2.45, 2.75) is 0 Å². The van der Waals surface area contributed by atoms with Gasteiger partial charge >= 0.3 is 5.97 Å². The molecule has 0 amide bonds. The SMILES string of the molecule is COC(=O)c1[c]sc2ccccc12. The number of hydrogen-bond donors (Lipinski definition) is 0. The first-order valence-corrected chi connectivity index (χ1v) is 4.62. The first-order valence-electron chi connectivity index (χ1n) is 3.80. The highest BCUT2D eigenvalue weighted by Gasteiger charge is 2.11. The van der Waals surface area contributed by atoms with Crippen molar-refractivity contribution in [1.29, 1.82) is 0 Å². The molecule has 0 saturated carbocycles. The number of fused-ring (bicyclic) bond motifs is 1. The minimum Gasteiger partial charge on any atom is -0.465 e. The van der Waals surface area contributed by atoms with E-state index in [1.165, 1.54) is 18.4 Å². The summed E-state index contributed by atoms with van der Waals surface area (Å²) in [6, 6.07) is 7.70. The number of benzene rings is 1. The van der Waals surface area contributed by atoms with Gasteiger partial charge in [0.25, 0.3) is 0 Å². The summed E-state index contributed by atoms with van der Waals surface area (Å²) in [4.78, 5) is 11.2. The zero-order valence-corrected chi connectivity index (χ0v) is 7.85. The molecule has 0 N–H and O–H groups in total. The predicted molar refractivity (Wildman–Crippen MR) is 52.0 cm³/mol. The molecule has 2 rings (SSSR count). The number of hydrogen-bond acceptors (Lipinski definition) is 3. The maximum absolute atomic E-state index is 11.2. The minimum absolute atomic E-state index is 0.322. The lowest BCUT2D eigenvalue weighted by atomic mass is 10.2. The summed E-state index contributed by atoms with van der Waals surface area (Å²) in [5.41, 5.74) is 0.531. The second-order valence-corrected chi connectivity index (χ2v) is 3.41. The first kappa shape index (κ1) is 8.26. The second kappa shape index (κ2) is 3.18. The van der Waals surface area contributed by atoms with Gasteiger partial charge in [-0.25, -0.2) is 4.79 Å². The molecule has 0 aliphatic heterocycles. The van der Waals surface area contributed by atoms with Crippen LogP contribution in [-0.2, 0) is 4.74 Å². The first-order chi connectivity index (χ1) is 6.33. The molecule has 3 heteroatoms. The number of ether oxygens (including phenoxy) is 1. The fraction of sp³-hybridized carbons (Fsp3) is 0.100. The van der Waals surface area contributed by atoms with Gasteiger partial charge in [-0.3, -0.25) is 0 Å². The van der Waals surface area contributed by atoms with Gasteiger partial charge in [-0.1, -0.05) is 18.2 Å². The summed E-state index contributed by atoms with van der Waals surface area (Å²) in [6.07, 6.45) is 0. The molecule has 1 heterocycles. The third-order valence-electron chi connectivity index (χ3n) is 1.81. The molecule has 0 aliphatic carbocycles. The molecule has 0 spiro atoms. The van der Waals surface area contributed by atoms with Crippen molar-refractivity contribution in [3.05, 3.63) is 35.2 Å². The molecule has 0 atom stereocenters. The molecule has 0 bridgehead atoms. The van der Waals surface area contributed by atoms with Crippen molar-refractivity contribution >= 4 is 27.4 Å². The summed E-state index contributed by atoms with van der Waals surface area (Å²) in [7, 11) is 1.38. The highest BCUT2D eigenvalue weighted by molar-refractivity contribution is 7.17. The molecule has 2 nitrogen and oxygen atoms in total. The van der Waals surface area contributed by atoms with E-state index >= 15 is 0 Å². The van der Waals surface area contributed by atoms with Crippen LogP contribution < -0.4 is 0 Å². The highest BCUT2D eigenvalue weighted by atomic mass is 32.1. The molecule has 2 aromatic rings. The molecule has 0 unspecified atom stereocenters. The van der Waals surface area contributed by atoms with Gasteiger partial charge in [0.15, 0.2) is 0 Å². The van der Waals surface area contributed by atoms with Gasteiger partial charge < -0.3 is 4.74 Å². The van der Waals surface area contributed by atoms with Crippen LogP contribution in [-0.4, -0.2) is 13.1 Å². The Morgan fingerprint density at radius 3 is 3.00 bits per heavy atom. The van der Waals surface area contributed by atoms with E-state index < -0.39 is 0 Å². The minimum atomic E-state index is -0.322. The third kappa shape index (κ3) is 1.31. The van der Waals surface area contributed by atoms with Gasteiger partial charge in [0.2, 0.25) is 0 Å². The Kier molecular flexibility index (Phi) is 2.02. The summed E-state index contributed by atoms with van der Waals surface area (Å²) < 4.78 is 5.70. The van der Waals surface area contributed by atoms with Crippen molar-refractivity contribution in [3.8, 4) is 0 Å². The maximum atomic E-state index is 11.2. The van der Waals surface area contributed by atoms with Crippen molar-refractivity contribution in [2.75, 3.05) is 7.11 Å². The van der Waals surface area contributed by atoms with Crippen LogP contribution in [0.3, 0.4) is 0 Å². The van der Waals surface area contributed by atoms with Crippen molar-refractivity contribution in [1.82, 2.24) is 0 Å². The summed E-state index contributed by atoms with van der Waals surface area (Å²) >= 11 is 1.43. The fourth-order valence-electron chi connectivity index (χ4n) is 1.18. The van der Waals surface area contributed by atoms with Crippen LogP contribution >= 0.6 is 11.3 Å². The average molecular weight is 191 g/mol. The number of methoxy groups -OCH3 is 1. The number of thiophene rings is 1. The number of carbonyl (C=O) groups excluding carboxylic acids is 1. The van der Waals surface area contributed by atoms with Crippen LogP contribution in [0.1, 0.15) is 10.4 Å². The molecular formula is C10H7O2S. The molecule has 13 heavy (non-hydrogen) atoms. The van der Waals surface area contributed by atoms with E-state index in [0.717, 1.165) is 10.1 Å². The van der Waals surface area contributed by atoms with E-state index in [4.69, 9.17) is 0 Å². The molecule has 1 aromatic carbocycles. The average Bonchev–Trinajstić information content (AvgIpc) is 2.60. The maximum Gasteiger partial charge on any atom is 0.340 e. The molecule has 0 saturated heterocycles. The molecule has 1 aromatic heterocycles. The standard InChI is InChI=1S/C10H7O2S/c1-12-10(11)8-6-13-9-5-3-2-4-7(8)9/h2-5H,1H3. The lowest BCUT2D eigenvalue weighted by Gasteiger charge is -1.95. The van der Waals surface area contributed by atoms with Crippen molar-refractivity contribution in [2.24, 2.45) is 0 Å². The second-order valence-electron chi connectivity index (χ2n) is 2.57. The van der Waals surface area contributed by atoms with Crippen molar-refractivity contribution < 1.29 is 9.53 Å². The third-order valence-corrected chi connectivity index (χ3v) is 2.69. The zero-order chi connectivity index (χ0) is 9.26. The Morgan fingerprint density at radius 2 is 2.23 bits per heavy atom. The summed E-state index contributed by atoms with van der Waals surface area (Å²) in [5, 5.41) is 3.85. The van der Waals surface area contributed by atoms with Gasteiger partial charge in [-0.15, -0.1) is 11.3 Å². The lowest BCUT2D eigenvalue weighted by molar-refractivity contribution is 0.0603. The van der Waals surface area contributed by atoms with Crippen molar-refractivity contribution in [3.63, 3.8) is 0 Å². The van der Waals surface area contributed by atoms with Gasteiger partial charge in [-0.05, 0) is 6.07 Å². The van der Waals surface area contributed by atoms with E-state index in [-0.39, 0.29) is 5.97 Å². The van der Waals surface area contributed by atoms with Gasteiger partial charge in [0.1, 0.15) is 0 Å². The van der Waals surface area contributed by atoms with E-state index in [1.54, 1.807) is 0 Å². The fourth-order valence-corrected chi connectivity index (χ4v) is 2.01. The van der Waals surface area contributed by atoms with Crippen LogP contribution in [0.4, 0.5) is 0 Å². The van der Waals surface area contributed by atoms with E-state index in [1.807, 2.05) is 24.3 Å². The Hall–Kier alpha value is -1.35. The van der Waals surface area contributed by atoms with Crippen LogP contribution in [0, 0.1) is 5.38 Å².